The van der Waals surface area contributed by atoms with Crippen LogP contribution < -0.4 is 11.1 Å². The van der Waals surface area contributed by atoms with Crippen molar-refractivity contribution < 1.29 is 14.3 Å². The summed E-state index contributed by atoms with van der Waals surface area (Å²) in [5, 5.41) is 4.79. The van der Waals surface area contributed by atoms with Crippen LogP contribution in [0.25, 0.3) is 16.5 Å². The van der Waals surface area contributed by atoms with Gasteiger partial charge in [-0.25, -0.2) is 0 Å². The number of hydrogen-bond acceptors (Lipinski definition) is 4. The van der Waals surface area contributed by atoms with E-state index in [1.807, 2.05) is 35.7 Å². The summed E-state index contributed by atoms with van der Waals surface area (Å²) in [5.41, 5.74) is 9.54. The van der Waals surface area contributed by atoms with Crippen LogP contribution in [0.5, 0.6) is 0 Å². The first-order valence-corrected chi connectivity index (χ1v) is 10.4. The van der Waals surface area contributed by atoms with Gasteiger partial charge in [0.15, 0.2) is 0 Å². The predicted molar refractivity (Wildman–Crippen MR) is 112 cm³/mol. The Balaban J connectivity index is 1.71. The van der Waals surface area contributed by atoms with Crippen LogP contribution in [0.3, 0.4) is 0 Å². The highest BCUT2D eigenvalue weighted by molar-refractivity contribution is 7.37. The molecule has 5 nitrogen and oxygen atoms in total. The number of nitrogens with two attached hydrogens (primary N) is 1. The van der Waals surface area contributed by atoms with Crippen LogP contribution in [-0.2, 0) is 15.5 Å². The number of benzene rings is 2. The van der Waals surface area contributed by atoms with Crippen LogP contribution in [0.1, 0.15) is 11.1 Å². The van der Waals surface area contributed by atoms with Gasteiger partial charge in [-0.2, -0.15) is 4.89 Å². The average molecular weight is 397 g/mol. The van der Waals surface area contributed by atoms with E-state index in [1.54, 1.807) is 41.7 Å². The van der Waals surface area contributed by atoms with Crippen LogP contribution in [0.4, 0.5) is 11.4 Å². The maximum absolute atomic E-state index is 12.3. The van der Waals surface area contributed by atoms with Gasteiger partial charge in [0.2, 0.25) is 12.1 Å². The predicted octanol–water partition coefficient (Wildman–Crippen LogP) is 4.88. The van der Waals surface area contributed by atoms with Gasteiger partial charge in [0.1, 0.15) is 0 Å². The van der Waals surface area contributed by atoms with E-state index in [4.69, 9.17) is 10.6 Å². The highest BCUT2D eigenvalue weighted by atomic mass is 32.1. The van der Waals surface area contributed by atoms with Crippen molar-refractivity contribution in [3.8, 4) is 10.4 Å². The summed E-state index contributed by atoms with van der Waals surface area (Å²) in [7, 11) is -2.23. The zero-order valence-corrected chi connectivity index (χ0v) is 16.0. The molecule has 27 heavy (non-hydrogen) atoms. The molecule has 7 heteroatoms. The zero-order chi connectivity index (χ0) is 19.2. The molecule has 1 amide bonds. The number of anilines is 2. The summed E-state index contributed by atoms with van der Waals surface area (Å²) >= 11 is 1.62. The number of nitrogens with one attached hydrogen (secondary N) is 1. The van der Waals surface area contributed by atoms with Crippen LogP contribution >= 0.6 is 19.4 Å². The molecular formula is C20H18N2O3PS+. The molecule has 0 bridgehead atoms. The highest BCUT2D eigenvalue weighted by Crippen LogP contribution is 2.30. The van der Waals surface area contributed by atoms with Crippen molar-refractivity contribution in [2.75, 3.05) is 11.1 Å². The van der Waals surface area contributed by atoms with E-state index in [9.17, 15) is 9.36 Å². The summed E-state index contributed by atoms with van der Waals surface area (Å²) in [6, 6.07) is 16.7. The number of hydrogen-bond donors (Lipinski definition) is 3. The van der Waals surface area contributed by atoms with Gasteiger partial charge in [0.05, 0.1) is 11.4 Å². The number of amides is 1. The van der Waals surface area contributed by atoms with Crippen LogP contribution in [-0.4, -0.2) is 10.8 Å². The van der Waals surface area contributed by atoms with Gasteiger partial charge < -0.3 is 11.1 Å². The lowest BCUT2D eigenvalue weighted by Crippen LogP contribution is -2.09. The van der Waals surface area contributed by atoms with Crippen molar-refractivity contribution in [2.24, 2.45) is 0 Å². The highest BCUT2D eigenvalue weighted by Gasteiger charge is 2.11. The summed E-state index contributed by atoms with van der Waals surface area (Å²) in [6.45, 7) is 0. The Morgan fingerprint density at radius 1 is 1.19 bits per heavy atom. The third-order valence-electron chi connectivity index (χ3n) is 3.81. The van der Waals surface area contributed by atoms with Crippen LogP contribution in [0.15, 0.2) is 66.1 Å². The number of thiophene rings is 1. The maximum atomic E-state index is 12.3. The molecule has 1 heterocycles. The second kappa shape index (κ2) is 8.73. The molecule has 0 radical (unpaired) electrons. The first-order valence-electron chi connectivity index (χ1n) is 8.16. The van der Waals surface area contributed by atoms with E-state index in [1.165, 1.54) is 6.08 Å². The number of nitrogen functional groups attached to an aromatic ring is 1. The van der Waals surface area contributed by atoms with Crippen molar-refractivity contribution >= 4 is 42.7 Å². The van der Waals surface area contributed by atoms with Gasteiger partial charge in [-0.1, -0.05) is 30.3 Å². The molecule has 0 spiro atoms. The van der Waals surface area contributed by atoms with Gasteiger partial charge in [-0.15, -0.1) is 11.3 Å². The van der Waals surface area contributed by atoms with E-state index in [2.05, 4.69) is 5.32 Å². The molecule has 0 saturated carbocycles. The molecule has 2 aromatic carbocycles. The molecule has 0 fully saturated rings. The molecule has 0 aliphatic carbocycles. The van der Waals surface area contributed by atoms with Crippen LogP contribution in [0, 0.1) is 0 Å². The van der Waals surface area contributed by atoms with Crippen molar-refractivity contribution in [1.82, 2.24) is 0 Å². The summed E-state index contributed by atoms with van der Waals surface area (Å²) < 4.78 is 10.9. The van der Waals surface area contributed by atoms with E-state index in [0.717, 1.165) is 21.6 Å². The SMILES string of the molecule is Nc1ccc(-c2cccs2)cc1NC(=O)/C=C/c1cccc(C[P+](=O)O)c1. The van der Waals surface area contributed by atoms with E-state index in [-0.39, 0.29) is 12.1 Å². The first-order chi connectivity index (χ1) is 13.0. The Labute approximate surface area is 162 Å². The topological polar surface area (TPSA) is 92.4 Å². The first kappa shape index (κ1) is 19.0. The second-order valence-corrected chi connectivity index (χ2v) is 7.83. The lowest BCUT2D eigenvalue weighted by molar-refractivity contribution is -0.111. The monoisotopic (exact) mass is 397 g/mol. The van der Waals surface area contributed by atoms with Crippen molar-refractivity contribution in [3.63, 3.8) is 0 Å². The molecule has 3 aromatic rings. The number of carbonyl (C=O) groups excluding carboxylic acids is 1. The normalized spacial score (nSPS) is 11.5. The smallest absolute Gasteiger partial charge is 0.397 e. The second-order valence-electron chi connectivity index (χ2n) is 5.86. The molecular weight excluding hydrogens is 379 g/mol. The molecule has 1 unspecified atom stereocenters. The number of rotatable bonds is 6. The largest absolute Gasteiger partial charge is 0.510 e. The standard InChI is InChI=1S/C20H17N2O3PS/c21-17-8-7-16(19-5-2-10-27-19)12-18(17)22-20(23)9-6-14-3-1-4-15(11-14)13-26(24)25/h1-12H,13,21H2,(H-,22,23,24,25)/p+1/b9-6+. The molecule has 1 atom stereocenters. The fourth-order valence-electron chi connectivity index (χ4n) is 2.56. The summed E-state index contributed by atoms with van der Waals surface area (Å²) in [4.78, 5) is 22.4. The van der Waals surface area contributed by atoms with E-state index < -0.39 is 8.03 Å². The molecule has 0 aliphatic rings. The van der Waals surface area contributed by atoms with Gasteiger partial charge in [0, 0.05) is 16.5 Å². The van der Waals surface area contributed by atoms with Crippen LogP contribution in [0.2, 0.25) is 0 Å². The third-order valence-corrected chi connectivity index (χ3v) is 5.37. The van der Waals surface area contributed by atoms with Gasteiger partial charge in [-0.05, 0) is 51.4 Å². The molecule has 1 aromatic heterocycles. The quantitative estimate of drug-likeness (QED) is 0.314. The zero-order valence-electron chi connectivity index (χ0n) is 14.3. The van der Waals surface area contributed by atoms with Crippen molar-refractivity contribution in [2.45, 2.75) is 6.16 Å². The minimum Gasteiger partial charge on any atom is -0.397 e. The minimum absolute atomic E-state index is 0.0925. The minimum atomic E-state index is -2.23. The van der Waals surface area contributed by atoms with Gasteiger partial charge in [-0.3, -0.25) is 4.79 Å². The fourth-order valence-corrected chi connectivity index (χ4v) is 3.79. The summed E-state index contributed by atoms with van der Waals surface area (Å²) in [5.74, 6) is -0.302. The Morgan fingerprint density at radius 3 is 2.78 bits per heavy atom. The van der Waals surface area contributed by atoms with E-state index >= 15 is 0 Å². The molecule has 0 saturated heterocycles. The Hall–Kier alpha value is -2.79. The lowest BCUT2D eigenvalue weighted by Gasteiger charge is -2.08. The van der Waals surface area contributed by atoms with Gasteiger partial charge >= 0.3 is 8.03 Å². The third kappa shape index (κ3) is 5.34. The molecule has 3 rings (SSSR count). The Kier molecular flexibility index (Phi) is 6.14. The fraction of sp³-hybridized carbons (Fsp3) is 0.0500. The van der Waals surface area contributed by atoms with Crippen molar-refractivity contribution in [3.05, 3.63) is 77.2 Å². The van der Waals surface area contributed by atoms with Crippen molar-refractivity contribution in [1.29, 1.82) is 0 Å². The maximum Gasteiger partial charge on any atom is 0.510 e. The molecule has 136 valence electrons. The Bertz CT molecular complexity index is 1000. The Morgan fingerprint density at radius 2 is 2.04 bits per heavy atom. The molecule has 4 N–H and O–H groups in total. The number of carbonyl (C=O) groups is 1. The molecule has 0 aliphatic heterocycles. The average Bonchev–Trinajstić information content (AvgIpc) is 3.16. The van der Waals surface area contributed by atoms with E-state index in [0.29, 0.717) is 11.4 Å². The lowest BCUT2D eigenvalue weighted by atomic mass is 10.1. The summed E-state index contributed by atoms with van der Waals surface area (Å²) in [6.07, 6.45) is 3.16. The van der Waals surface area contributed by atoms with Gasteiger partial charge in [0.25, 0.3) is 0 Å².